The Morgan fingerprint density at radius 3 is 2.93 bits per heavy atom. The lowest BCUT2D eigenvalue weighted by Gasteiger charge is -2.28. The Morgan fingerprint density at radius 2 is 2.17 bits per heavy atom. The zero-order chi connectivity index (χ0) is 19.8. The summed E-state index contributed by atoms with van der Waals surface area (Å²) in [5, 5.41) is 11.8. The Bertz CT molecular complexity index is 1020. The average Bonchev–Trinajstić information content (AvgIpc) is 3.53. The monoisotopic (exact) mass is 391 g/mol. The molecule has 29 heavy (non-hydrogen) atoms. The minimum absolute atomic E-state index is 0.127. The molecule has 6 heteroatoms. The highest BCUT2D eigenvalue weighted by atomic mass is 16.1. The minimum Gasteiger partial charge on any atom is -0.351 e. The molecule has 0 bridgehead atoms. The molecule has 0 spiro atoms. The van der Waals surface area contributed by atoms with Crippen LogP contribution in [0.3, 0.4) is 0 Å². The van der Waals surface area contributed by atoms with Crippen LogP contribution in [-0.4, -0.2) is 33.8 Å². The van der Waals surface area contributed by atoms with Crippen molar-refractivity contribution in [1.82, 2.24) is 20.1 Å². The van der Waals surface area contributed by atoms with Crippen LogP contribution in [0.15, 0.2) is 36.7 Å². The molecule has 1 aliphatic carbocycles. The number of rotatable bonds is 5. The summed E-state index contributed by atoms with van der Waals surface area (Å²) in [5.41, 5.74) is 4.08. The number of amides is 1. The van der Waals surface area contributed by atoms with Gasteiger partial charge in [-0.3, -0.25) is 9.48 Å². The molecule has 2 aromatic heterocycles. The average molecular weight is 392 g/mol. The van der Waals surface area contributed by atoms with Gasteiger partial charge in [0.2, 0.25) is 0 Å². The fourth-order valence-electron chi connectivity index (χ4n) is 5.14. The Balaban J connectivity index is 1.35. The number of carbonyl (C=O) groups excluding carboxylic acids is 1. The van der Waals surface area contributed by atoms with Crippen LogP contribution in [0.2, 0.25) is 0 Å². The summed E-state index contributed by atoms with van der Waals surface area (Å²) in [6.45, 7) is 4.24. The number of aromatic nitrogens is 3. The van der Waals surface area contributed by atoms with E-state index in [-0.39, 0.29) is 5.91 Å². The fourth-order valence-corrected chi connectivity index (χ4v) is 5.14. The maximum absolute atomic E-state index is 12.8. The molecular formula is C23H29N5O. The van der Waals surface area contributed by atoms with Crippen LogP contribution < -0.4 is 10.6 Å². The van der Waals surface area contributed by atoms with E-state index in [4.69, 9.17) is 0 Å². The molecule has 3 aromatic rings. The van der Waals surface area contributed by atoms with Gasteiger partial charge in [0.25, 0.3) is 5.91 Å². The molecule has 1 aromatic carbocycles. The van der Waals surface area contributed by atoms with E-state index < -0.39 is 0 Å². The van der Waals surface area contributed by atoms with Gasteiger partial charge in [-0.15, -0.1) is 0 Å². The SMILES string of the molecule is CCC1(c2ccc3cc(C(=O)Nc4cnn(C5CCNC5)c4)[nH]c3c2)CCCC1. The van der Waals surface area contributed by atoms with E-state index in [0.29, 0.717) is 17.2 Å². The number of hydrogen-bond donors (Lipinski definition) is 3. The molecule has 152 valence electrons. The molecule has 6 nitrogen and oxygen atoms in total. The van der Waals surface area contributed by atoms with E-state index in [0.717, 1.165) is 36.1 Å². The van der Waals surface area contributed by atoms with E-state index in [1.165, 1.54) is 37.7 Å². The number of fused-ring (bicyclic) bond motifs is 1. The molecule has 1 amide bonds. The Hall–Kier alpha value is -2.60. The van der Waals surface area contributed by atoms with E-state index in [1.807, 2.05) is 16.9 Å². The summed E-state index contributed by atoms with van der Waals surface area (Å²) in [4.78, 5) is 16.1. The van der Waals surface area contributed by atoms with Gasteiger partial charge in [0.05, 0.1) is 17.9 Å². The van der Waals surface area contributed by atoms with E-state index in [1.54, 1.807) is 6.20 Å². The number of hydrogen-bond acceptors (Lipinski definition) is 3. The standard InChI is InChI=1S/C23H29N5O/c1-2-23(8-3-4-9-23)17-6-5-16-11-21(27-20(16)12-17)22(29)26-18-13-25-28(15-18)19-7-10-24-14-19/h5-6,11-13,15,19,24,27H,2-4,7-10,14H2,1H3,(H,26,29). The van der Waals surface area contributed by atoms with Crippen LogP contribution in [0.25, 0.3) is 10.9 Å². The van der Waals surface area contributed by atoms with Crippen molar-refractivity contribution in [1.29, 1.82) is 0 Å². The van der Waals surface area contributed by atoms with Crippen LogP contribution in [0.4, 0.5) is 5.69 Å². The van der Waals surface area contributed by atoms with Crippen LogP contribution in [0.5, 0.6) is 0 Å². The van der Waals surface area contributed by atoms with Crippen LogP contribution in [-0.2, 0) is 5.41 Å². The van der Waals surface area contributed by atoms with E-state index in [2.05, 4.69) is 45.8 Å². The van der Waals surface area contributed by atoms with Gasteiger partial charge in [0.1, 0.15) is 5.69 Å². The molecule has 3 N–H and O–H groups in total. The third-order valence-electron chi connectivity index (χ3n) is 6.98. The molecular weight excluding hydrogens is 362 g/mol. The summed E-state index contributed by atoms with van der Waals surface area (Å²) >= 11 is 0. The maximum atomic E-state index is 12.8. The number of aromatic amines is 1. The van der Waals surface area contributed by atoms with Crippen LogP contribution >= 0.6 is 0 Å². The highest BCUT2D eigenvalue weighted by Gasteiger charge is 2.33. The topological polar surface area (TPSA) is 74.7 Å². The van der Waals surface area contributed by atoms with Crippen molar-refractivity contribution in [3.63, 3.8) is 0 Å². The van der Waals surface area contributed by atoms with Crippen LogP contribution in [0.1, 0.15) is 67.5 Å². The summed E-state index contributed by atoms with van der Waals surface area (Å²) in [6.07, 6.45) is 11.0. The summed E-state index contributed by atoms with van der Waals surface area (Å²) in [6, 6.07) is 8.97. The molecule has 1 saturated heterocycles. The predicted molar refractivity (Wildman–Crippen MR) is 115 cm³/mol. The lowest BCUT2D eigenvalue weighted by atomic mass is 9.76. The van der Waals surface area contributed by atoms with Gasteiger partial charge in [-0.05, 0) is 55.3 Å². The zero-order valence-electron chi connectivity index (χ0n) is 17.0. The highest BCUT2D eigenvalue weighted by Crippen LogP contribution is 2.44. The molecule has 2 aliphatic rings. The molecule has 1 unspecified atom stereocenters. The van der Waals surface area contributed by atoms with Gasteiger partial charge in [0, 0.05) is 23.6 Å². The third-order valence-corrected chi connectivity index (χ3v) is 6.98. The number of nitrogens with zero attached hydrogens (tertiary/aromatic N) is 2. The first-order valence-electron chi connectivity index (χ1n) is 10.9. The molecule has 1 aliphatic heterocycles. The second-order valence-electron chi connectivity index (χ2n) is 8.64. The molecule has 1 atom stereocenters. The van der Waals surface area contributed by atoms with Gasteiger partial charge in [-0.2, -0.15) is 5.10 Å². The van der Waals surface area contributed by atoms with Gasteiger partial charge in [-0.1, -0.05) is 31.9 Å². The van der Waals surface area contributed by atoms with Gasteiger partial charge < -0.3 is 15.6 Å². The Morgan fingerprint density at radius 1 is 1.31 bits per heavy atom. The second-order valence-corrected chi connectivity index (χ2v) is 8.64. The van der Waals surface area contributed by atoms with Crippen molar-refractivity contribution in [2.45, 2.75) is 56.9 Å². The van der Waals surface area contributed by atoms with Crippen molar-refractivity contribution < 1.29 is 4.79 Å². The van der Waals surface area contributed by atoms with Gasteiger partial charge in [0.15, 0.2) is 0 Å². The van der Waals surface area contributed by atoms with E-state index in [9.17, 15) is 4.79 Å². The Labute approximate surface area is 171 Å². The largest absolute Gasteiger partial charge is 0.351 e. The Kier molecular flexibility index (Phi) is 4.66. The minimum atomic E-state index is -0.127. The van der Waals surface area contributed by atoms with Crippen molar-refractivity contribution in [3.05, 3.63) is 47.9 Å². The van der Waals surface area contributed by atoms with Crippen molar-refractivity contribution >= 4 is 22.5 Å². The van der Waals surface area contributed by atoms with Crippen LogP contribution in [0, 0.1) is 0 Å². The lowest BCUT2D eigenvalue weighted by Crippen LogP contribution is -2.20. The summed E-state index contributed by atoms with van der Waals surface area (Å²) < 4.78 is 1.94. The van der Waals surface area contributed by atoms with Gasteiger partial charge >= 0.3 is 0 Å². The second kappa shape index (κ2) is 7.34. The number of H-pyrrole nitrogens is 1. The maximum Gasteiger partial charge on any atom is 0.272 e. The van der Waals surface area contributed by atoms with Crippen molar-refractivity contribution in [2.24, 2.45) is 0 Å². The summed E-state index contributed by atoms with van der Waals surface area (Å²) in [5.74, 6) is -0.127. The van der Waals surface area contributed by atoms with Crippen molar-refractivity contribution in [3.8, 4) is 0 Å². The smallest absolute Gasteiger partial charge is 0.272 e. The van der Waals surface area contributed by atoms with Gasteiger partial charge in [-0.25, -0.2) is 0 Å². The lowest BCUT2D eigenvalue weighted by molar-refractivity contribution is 0.102. The van der Waals surface area contributed by atoms with Crippen molar-refractivity contribution in [2.75, 3.05) is 18.4 Å². The molecule has 1 saturated carbocycles. The number of benzene rings is 1. The molecule has 3 heterocycles. The predicted octanol–water partition coefficient (Wildman–Crippen LogP) is 4.37. The molecule has 0 radical (unpaired) electrons. The zero-order valence-corrected chi connectivity index (χ0v) is 17.0. The third kappa shape index (κ3) is 3.35. The summed E-state index contributed by atoms with van der Waals surface area (Å²) in [7, 11) is 0. The molecule has 2 fully saturated rings. The highest BCUT2D eigenvalue weighted by molar-refractivity contribution is 6.05. The molecule has 5 rings (SSSR count). The number of anilines is 1. The first kappa shape index (κ1) is 18.4. The normalized spacial score (nSPS) is 21.1. The van der Waals surface area contributed by atoms with E-state index >= 15 is 0 Å². The quantitative estimate of drug-likeness (QED) is 0.604. The fraction of sp³-hybridized carbons (Fsp3) is 0.478. The first-order chi connectivity index (χ1) is 14.2. The number of carbonyl (C=O) groups is 1. The first-order valence-corrected chi connectivity index (χ1v) is 10.9. The number of nitrogens with one attached hydrogen (secondary N) is 3.